The van der Waals surface area contributed by atoms with Gasteiger partial charge in [0.2, 0.25) is 5.60 Å². The number of halogens is 3. The summed E-state index contributed by atoms with van der Waals surface area (Å²) in [6.45, 7) is 3.40. The maximum absolute atomic E-state index is 14.0. The number of alkyl halides is 3. The third-order valence-corrected chi connectivity index (χ3v) is 6.34. The van der Waals surface area contributed by atoms with E-state index in [-0.39, 0.29) is 34.2 Å². The van der Waals surface area contributed by atoms with E-state index in [4.69, 9.17) is 4.74 Å². The Balaban J connectivity index is 1.84. The second kappa shape index (κ2) is 9.79. The maximum atomic E-state index is 14.0. The fourth-order valence-corrected chi connectivity index (χ4v) is 4.23. The summed E-state index contributed by atoms with van der Waals surface area (Å²) in [5.74, 6) is 3.63. The van der Waals surface area contributed by atoms with Crippen LogP contribution in [0.3, 0.4) is 0 Å². The van der Waals surface area contributed by atoms with Gasteiger partial charge in [-0.25, -0.2) is 4.79 Å². The summed E-state index contributed by atoms with van der Waals surface area (Å²) < 4.78 is 48.6. The van der Waals surface area contributed by atoms with Gasteiger partial charge in [-0.15, -0.1) is 0 Å². The van der Waals surface area contributed by atoms with Crippen LogP contribution >= 0.6 is 0 Å². The van der Waals surface area contributed by atoms with Gasteiger partial charge >= 0.3 is 12.1 Å². The zero-order valence-corrected chi connectivity index (χ0v) is 20.5. The molecular formula is C28H25F3N2O4. The Morgan fingerprint density at radius 1 is 1.22 bits per heavy atom. The Kier molecular flexibility index (Phi) is 6.89. The number of hydrogen-bond acceptors (Lipinski definition) is 4. The molecule has 1 aromatic carbocycles. The van der Waals surface area contributed by atoms with Gasteiger partial charge in [0.25, 0.3) is 5.56 Å². The van der Waals surface area contributed by atoms with E-state index in [1.807, 2.05) is 37.1 Å². The second-order valence-corrected chi connectivity index (χ2v) is 8.93. The molecule has 2 heterocycles. The lowest BCUT2D eigenvalue weighted by Gasteiger charge is -2.27. The fourth-order valence-electron chi connectivity index (χ4n) is 4.23. The minimum atomic E-state index is -5.09. The molecule has 0 saturated carbocycles. The molecule has 1 unspecified atom stereocenters. The van der Waals surface area contributed by atoms with Crippen molar-refractivity contribution in [1.29, 1.82) is 0 Å². The quantitative estimate of drug-likeness (QED) is 0.392. The fraction of sp³-hybridized carbons (Fsp3) is 0.286. The Labute approximate surface area is 211 Å². The summed E-state index contributed by atoms with van der Waals surface area (Å²) in [6.07, 6.45) is 1.09. The van der Waals surface area contributed by atoms with Crippen LogP contribution in [-0.2, 0) is 18.4 Å². The third kappa shape index (κ3) is 4.85. The van der Waals surface area contributed by atoms with Crippen LogP contribution < -0.4 is 5.56 Å². The Morgan fingerprint density at radius 2 is 1.95 bits per heavy atom. The second-order valence-electron chi connectivity index (χ2n) is 8.93. The van der Waals surface area contributed by atoms with Crippen LogP contribution in [0.5, 0.6) is 0 Å². The van der Waals surface area contributed by atoms with Crippen molar-refractivity contribution in [2.45, 2.75) is 45.1 Å². The number of fused-ring (bicyclic) bond motifs is 1. The average molecular weight is 511 g/mol. The molecule has 0 radical (unpaired) electrons. The first-order chi connectivity index (χ1) is 17.4. The number of aliphatic hydroxyl groups is 1. The average Bonchev–Trinajstić information content (AvgIpc) is 3.21. The predicted molar refractivity (Wildman–Crippen MR) is 133 cm³/mol. The monoisotopic (exact) mass is 510 g/mol. The van der Waals surface area contributed by atoms with Gasteiger partial charge in [-0.1, -0.05) is 48.4 Å². The molecule has 192 valence electrons. The SMILES string of the molecule is Cc1ccccc1COC(=O)c1c(C)[nH]c2c(=O)n(C)cc(C#CC(O)(C3=CCCC=C3)C(F)(F)F)c12. The molecule has 3 aromatic rings. The van der Waals surface area contributed by atoms with E-state index in [2.05, 4.69) is 10.9 Å². The number of H-pyrrole nitrogens is 1. The van der Waals surface area contributed by atoms with Gasteiger partial charge in [-0.3, -0.25) is 4.79 Å². The molecule has 1 aliphatic carbocycles. The van der Waals surface area contributed by atoms with Gasteiger partial charge in [0.15, 0.2) is 0 Å². The highest BCUT2D eigenvalue weighted by Gasteiger charge is 2.55. The Morgan fingerprint density at radius 3 is 2.59 bits per heavy atom. The first kappa shape index (κ1) is 26.0. The first-order valence-corrected chi connectivity index (χ1v) is 11.6. The minimum absolute atomic E-state index is 0.00182. The van der Waals surface area contributed by atoms with Crippen LogP contribution in [0.25, 0.3) is 10.9 Å². The molecule has 4 rings (SSSR count). The van der Waals surface area contributed by atoms with Crippen molar-refractivity contribution >= 4 is 16.9 Å². The van der Waals surface area contributed by atoms with Gasteiger partial charge in [-0.05, 0) is 43.7 Å². The van der Waals surface area contributed by atoms with Gasteiger partial charge < -0.3 is 19.4 Å². The molecule has 0 spiro atoms. The topological polar surface area (TPSA) is 84.3 Å². The number of aryl methyl sites for hydroxylation is 3. The lowest BCUT2D eigenvalue weighted by Crippen LogP contribution is -2.45. The molecule has 0 aliphatic heterocycles. The number of rotatable bonds is 4. The van der Waals surface area contributed by atoms with E-state index in [9.17, 15) is 27.9 Å². The smallest absolute Gasteiger partial charge is 0.433 e. The zero-order valence-electron chi connectivity index (χ0n) is 20.5. The highest BCUT2D eigenvalue weighted by atomic mass is 19.4. The Hall–Kier alpha value is -4.03. The van der Waals surface area contributed by atoms with Crippen molar-refractivity contribution in [3.8, 4) is 11.8 Å². The summed E-state index contributed by atoms with van der Waals surface area (Å²) in [7, 11) is 1.42. The number of hydrogen-bond donors (Lipinski definition) is 2. The van der Waals surface area contributed by atoms with Crippen LogP contribution in [0.4, 0.5) is 13.2 Å². The molecule has 1 aliphatic rings. The van der Waals surface area contributed by atoms with E-state index in [0.717, 1.165) is 15.7 Å². The van der Waals surface area contributed by atoms with Gasteiger partial charge in [-0.2, -0.15) is 13.2 Å². The van der Waals surface area contributed by atoms with Crippen molar-refractivity contribution in [2.24, 2.45) is 7.05 Å². The number of nitrogens with zero attached hydrogens (tertiary/aromatic N) is 1. The number of pyridine rings is 1. The summed E-state index contributed by atoms with van der Waals surface area (Å²) in [5, 5.41) is 10.7. The lowest BCUT2D eigenvalue weighted by molar-refractivity contribution is -0.219. The van der Waals surface area contributed by atoms with Crippen molar-refractivity contribution in [3.63, 3.8) is 0 Å². The van der Waals surface area contributed by atoms with Crippen molar-refractivity contribution in [2.75, 3.05) is 0 Å². The standard InChI is InChI=1S/C28H25F3N2O4/c1-17-9-7-8-10-20(17)16-37-26(35)22-18(2)32-24-23(22)19(15-33(3)25(24)34)13-14-27(36,28(29,30)31)21-11-5-4-6-12-21/h5,7-12,15,32,36H,4,6,16H2,1-3H3. The van der Waals surface area contributed by atoms with E-state index in [1.165, 1.54) is 31.5 Å². The Bertz CT molecular complexity index is 1560. The molecule has 0 saturated heterocycles. The van der Waals surface area contributed by atoms with Crippen LogP contribution in [0.15, 0.2) is 59.1 Å². The predicted octanol–water partition coefficient (Wildman–Crippen LogP) is 4.76. The normalized spacial score (nSPS) is 15.1. The zero-order chi connectivity index (χ0) is 27.0. The van der Waals surface area contributed by atoms with Gasteiger partial charge in [0.1, 0.15) is 12.1 Å². The molecule has 37 heavy (non-hydrogen) atoms. The largest absolute Gasteiger partial charge is 0.457 e. The molecule has 6 nitrogen and oxygen atoms in total. The lowest BCUT2D eigenvalue weighted by atomic mass is 9.89. The summed E-state index contributed by atoms with van der Waals surface area (Å²) in [4.78, 5) is 28.8. The number of aromatic nitrogens is 2. The van der Waals surface area contributed by atoms with Crippen molar-refractivity contribution < 1.29 is 27.8 Å². The number of nitrogens with one attached hydrogen (secondary N) is 1. The number of allylic oxidation sites excluding steroid dienone is 2. The molecular weight excluding hydrogens is 485 g/mol. The molecule has 9 heteroatoms. The molecule has 0 fully saturated rings. The number of ether oxygens (including phenoxy) is 1. The first-order valence-electron chi connectivity index (χ1n) is 11.6. The number of esters is 1. The van der Waals surface area contributed by atoms with E-state index in [0.29, 0.717) is 18.5 Å². The highest BCUT2D eigenvalue weighted by molar-refractivity contribution is 6.07. The molecule has 1 atom stereocenters. The number of carbonyl (C=O) groups is 1. The molecule has 2 aromatic heterocycles. The summed E-state index contributed by atoms with van der Waals surface area (Å²) in [5.41, 5.74) is -2.32. The molecule has 2 N–H and O–H groups in total. The summed E-state index contributed by atoms with van der Waals surface area (Å²) >= 11 is 0. The van der Waals surface area contributed by atoms with Crippen molar-refractivity contribution in [1.82, 2.24) is 9.55 Å². The van der Waals surface area contributed by atoms with E-state index >= 15 is 0 Å². The highest BCUT2D eigenvalue weighted by Crippen LogP contribution is 2.38. The van der Waals surface area contributed by atoms with Crippen LogP contribution in [0.1, 0.15) is 45.6 Å². The van der Waals surface area contributed by atoms with E-state index < -0.39 is 23.3 Å². The van der Waals surface area contributed by atoms with Crippen LogP contribution in [0, 0.1) is 25.7 Å². The van der Waals surface area contributed by atoms with Crippen LogP contribution in [0.2, 0.25) is 0 Å². The number of benzene rings is 1. The minimum Gasteiger partial charge on any atom is -0.457 e. The van der Waals surface area contributed by atoms with Gasteiger partial charge in [0, 0.05) is 29.9 Å². The summed E-state index contributed by atoms with van der Waals surface area (Å²) in [6, 6.07) is 7.34. The molecule has 0 bridgehead atoms. The maximum Gasteiger partial charge on any atom is 0.433 e. The number of aromatic amines is 1. The van der Waals surface area contributed by atoms with Crippen molar-refractivity contribution in [3.05, 3.63) is 92.6 Å². The van der Waals surface area contributed by atoms with Gasteiger partial charge in [0.05, 0.1) is 11.1 Å². The van der Waals surface area contributed by atoms with E-state index in [1.54, 1.807) is 6.92 Å². The number of carbonyl (C=O) groups excluding carboxylic acids is 1. The van der Waals surface area contributed by atoms with Crippen LogP contribution in [-0.4, -0.2) is 32.4 Å². The molecule has 0 amide bonds. The third-order valence-electron chi connectivity index (χ3n) is 6.34.